The van der Waals surface area contributed by atoms with Crippen molar-refractivity contribution in [1.29, 1.82) is 0 Å². The van der Waals surface area contributed by atoms with Crippen molar-refractivity contribution in [3.05, 3.63) is 45.4 Å². The summed E-state index contributed by atoms with van der Waals surface area (Å²) in [5, 5.41) is 0.923. The van der Waals surface area contributed by atoms with Gasteiger partial charge in [0, 0.05) is 24.8 Å². The zero-order chi connectivity index (χ0) is 22.3. The number of ether oxygens (including phenoxy) is 1. The van der Waals surface area contributed by atoms with E-state index in [1.807, 2.05) is 44.7 Å². The van der Waals surface area contributed by atoms with Gasteiger partial charge in [-0.05, 0) is 51.0 Å². The Kier molecular flexibility index (Phi) is 6.51. The number of morpholine rings is 1. The van der Waals surface area contributed by atoms with E-state index in [1.54, 1.807) is 16.3 Å². The summed E-state index contributed by atoms with van der Waals surface area (Å²) in [5.41, 5.74) is 3.81. The Morgan fingerprint density at radius 1 is 1.16 bits per heavy atom. The number of hydrogen-bond acceptors (Lipinski definition) is 6. The minimum absolute atomic E-state index is 0.0304. The fourth-order valence-electron chi connectivity index (χ4n) is 4.30. The molecule has 0 N–H and O–H groups in total. The molecule has 0 saturated carbocycles. The average Bonchev–Trinajstić information content (AvgIpc) is 3.05. The van der Waals surface area contributed by atoms with Gasteiger partial charge >= 0.3 is 0 Å². The molecular formula is C23H29N3O3S2. The number of amides is 1. The highest BCUT2D eigenvalue weighted by molar-refractivity contribution is 8.00. The summed E-state index contributed by atoms with van der Waals surface area (Å²) in [6, 6.07) is 6.09. The third kappa shape index (κ3) is 4.86. The maximum absolute atomic E-state index is 13.5. The van der Waals surface area contributed by atoms with Gasteiger partial charge in [0.2, 0.25) is 5.91 Å². The highest BCUT2D eigenvalue weighted by Gasteiger charge is 2.29. The fourth-order valence-corrected chi connectivity index (χ4v) is 6.33. The third-order valence-electron chi connectivity index (χ3n) is 5.44. The zero-order valence-corrected chi connectivity index (χ0v) is 20.3. The SMILES string of the molecule is Cc1cc(C)cc(-n2c(SCC(=O)N3CC(C)OC(C)C3)nc3c(c2=O)SC(C)C3)c1. The molecule has 0 radical (unpaired) electrons. The van der Waals surface area contributed by atoms with E-state index in [0.29, 0.717) is 23.5 Å². The van der Waals surface area contributed by atoms with Crippen LogP contribution in [0.3, 0.4) is 0 Å². The molecule has 2 aliphatic rings. The second-order valence-electron chi connectivity index (χ2n) is 8.63. The summed E-state index contributed by atoms with van der Waals surface area (Å²) >= 11 is 2.95. The summed E-state index contributed by atoms with van der Waals surface area (Å²) in [5.74, 6) is 0.300. The largest absolute Gasteiger partial charge is 0.372 e. The van der Waals surface area contributed by atoms with Crippen LogP contribution in [0.2, 0.25) is 0 Å². The molecule has 0 spiro atoms. The lowest BCUT2D eigenvalue weighted by atomic mass is 10.1. The summed E-state index contributed by atoms with van der Waals surface area (Å²) in [7, 11) is 0. The van der Waals surface area contributed by atoms with Gasteiger partial charge in [0.25, 0.3) is 5.56 Å². The van der Waals surface area contributed by atoms with Crippen LogP contribution in [-0.4, -0.2) is 56.7 Å². The number of thioether (sulfide) groups is 2. The second-order valence-corrected chi connectivity index (χ2v) is 11.0. The van der Waals surface area contributed by atoms with Gasteiger partial charge in [0.1, 0.15) is 0 Å². The predicted octanol–water partition coefficient (Wildman–Crippen LogP) is 3.61. The first kappa shape index (κ1) is 22.4. The number of hydrogen-bond donors (Lipinski definition) is 0. The lowest BCUT2D eigenvalue weighted by Crippen LogP contribution is -2.48. The van der Waals surface area contributed by atoms with Crippen molar-refractivity contribution in [1.82, 2.24) is 14.5 Å². The molecule has 4 rings (SSSR count). The molecule has 1 aromatic carbocycles. The summed E-state index contributed by atoms with van der Waals surface area (Å²) in [4.78, 5) is 33.8. The van der Waals surface area contributed by atoms with Crippen LogP contribution in [0.1, 0.15) is 37.6 Å². The van der Waals surface area contributed by atoms with Crippen molar-refractivity contribution in [3.63, 3.8) is 0 Å². The van der Waals surface area contributed by atoms with Crippen LogP contribution in [0, 0.1) is 13.8 Å². The topological polar surface area (TPSA) is 64.4 Å². The van der Waals surface area contributed by atoms with Crippen molar-refractivity contribution in [2.24, 2.45) is 0 Å². The van der Waals surface area contributed by atoms with Crippen LogP contribution < -0.4 is 5.56 Å². The molecule has 6 nitrogen and oxygen atoms in total. The third-order valence-corrected chi connectivity index (χ3v) is 7.58. The van der Waals surface area contributed by atoms with E-state index < -0.39 is 0 Å². The lowest BCUT2D eigenvalue weighted by Gasteiger charge is -2.35. The minimum atomic E-state index is -0.0343. The van der Waals surface area contributed by atoms with E-state index >= 15 is 0 Å². The molecule has 3 unspecified atom stereocenters. The first-order valence-electron chi connectivity index (χ1n) is 10.7. The molecule has 8 heteroatoms. The number of fused-ring (bicyclic) bond motifs is 1. The Hall–Kier alpha value is -1.77. The molecule has 166 valence electrons. The van der Waals surface area contributed by atoms with E-state index in [1.165, 1.54) is 11.8 Å². The van der Waals surface area contributed by atoms with Gasteiger partial charge in [-0.2, -0.15) is 0 Å². The quantitative estimate of drug-likeness (QED) is 0.514. The molecule has 3 atom stereocenters. The first-order valence-corrected chi connectivity index (χ1v) is 12.5. The van der Waals surface area contributed by atoms with Gasteiger partial charge in [-0.25, -0.2) is 4.98 Å². The average molecular weight is 460 g/mol. The van der Waals surface area contributed by atoms with Gasteiger partial charge in [0.05, 0.1) is 34.2 Å². The van der Waals surface area contributed by atoms with Gasteiger partial charge in [-0.15, -0.1) is 11.8 Å². The highest BCUT2D eigenvalue weighted by Crippen LogP contribution is 2.35. The van der Waals surface area contributed by atoms with E-state index in [2.05, 4.69) is 13.0 Å². The monoisotopic (exact) mass is 459 g/mol. The molecule has 0 bridgehead atoms. The van der Waals surface area contributed by atoms with Gasteiger partial charge in [-0.3, -0.25) is 14.2 Å². The second kappa shape index (κ2) is 9.00. The number of benzene rings is 1. The van der Waals surface area contributed by atoms with Crippen LogP contribution in [0.15, 0.2) is 33.0 Å². The molecule has 1 saturated heterocycles. The van der Waals surface area contributed by atoms with Crippen molar-refractivity contribution < 1.29 is 9.53 Å². The molecular weight excluding hydrogens is 430 g/mol. The Morgan fingerprint density at radius 3 is 2.45 bits per heavy atom. The Balaban J connectivity index is 1.67. The van der Waals surface area contributed by atoms with Crippen LogP contribution in [0.4, 0.5) is 0 Å². The number of aromatic nitrogens is 2. The smallest absolute Gasteiger partial charge is 0.272 e. The number of carbonyl (C=O) groups is 1. The van der Waals surface area contributed by atoms with Crippen LogP contribution in [0.5, 0.6) is 0 Å². The number of nitrogens with zero attached hydrogens (tertiary/aromatic N) is 3. The summed E-state index contributed by atoms with van der Waals surface area (Å²) < 4.78 is 7.43. The van der Waals surface area contributed by atoms with Crippen molar-refractivity contribution in [2.45, 2.75) is 68.5 Å². The van der Waals surface area contributed by atoms with Gasteiger partial charge in [0.15, 0.2) is 5.16 Å². The van der Waals surface area contributed by atoms with Crippen LogP contribution >= 0.6 is 23.5 Å². The fraction of sp³-hybridized carbons (Fsp3) is 0.522. The van der Waals surface area contributed by atoms with Crippen LogP contribution in [-0.2, 0) is 16.0 Å². The molecule has 2 aliphatic heterocycles. The molecule has 1 amide bonds. The molecule has 0 aliphatic carbocycles. The number of aryl methyl sites for hydroxylation is 2. The Morgan fingerprint density at radius 2 is 1.81 bits per heavy atom. The van der Waals surface area contributed by atoms with E-state index in [-0.39, 0.29) is 29.4 Å². The Labute approximate surface area is 191 Å². The molecule has 3 heterocycles. The van der Waals surface area contributed by atoms with Gasteiger partial charge < -0.3 is 9.64 Å². The lowest BCUT2D eigenvalue weighted by molar-refractivity contribution is -0.140. The summed E-state index contributed by atoms with van der Waals surface area (Å²) in [6.07, 6.45) is 0.841. The maximum atomic E-state index is 13.5. The molecule has 31 heavy (non-hydrogen) atoms. The van der Waals surface area contributed by atoms with Crippen LogP contribution in [0.25, 0.3) is 5.69 Å². The normalized spacial score (nSPS) is 23.1. The van der Waals surface area contributed by atoms with E-state index in [9.17, 15) is 9.59 Å². The molecule has 1 fully saturated rings. The molecule has 2 aromatic rings. The van der Waals surface area contributed by atoms with Gasteiger partial charge in [-0.1, -0.05) is 24.8 Å². The van der Waals surface area contributed by atoms with Crippen molar-refractivity contribution >= 4 is 29.4 Å². The highest BCUT2D eigenvalue weighted by atomic mass is 32.2. The Bertz CT molecular complexity index is 1040. The maximum Gasteiger partial charge on any atom is 0.272 e. The van der Waals surface area contributed by atoms with E-state index in [0.717, 1.165) is 33.8 Å². The minimum Gasteiger partial charge on any atom is -0.372 e. The summed E-state index contributed by atoms with van der Waals surface area (Å²) in [6.45, 7) is 11.3. The van der Waals surface area contributed by atoms with Crippen molar-refractivity contribution in [3.8, 4) is 5.69 Å². The van der Waals surface area contributed by atoms with E-state index in [4.69, 9.17) is 9.72 Å². The number of rotatable bonds is 4. The first-order chi connectivity index (χ1) is 14.7. The standard InChI is InChI=1S/C23H29N3O3S2/c1-13-6-14(2)8-18(7-13)26-22(28)21-19(9-17(5)31-21)24-23(26)30-12-20(27)25-10-15(3)29-16(4)11-25/h6-8,15-17H,9-12H2,1-5H3. The predicted molar refractivity (Wildman–Crippen MR) is 126 cm³/mol. The van der Waals surface area contributed by atoms with Crippen molar-refractivity contribution in [2.75, 3.05) is 18.8 Å². The number of carbonyl (C=O) groups excluding carboxylic acids is 1. The zero-order valence-electron chi connectivity index (χ0n) is 18.7. The molecule has 1 aromatic heterocycles.